The Morgan fingerprint density at radius 3 is 1.81 bits per heavy atom. The topological polar surface area (TPSA) is 188 Å². The van der Waals surface area contributed by atoms with E-state index in [-0.39, 0.29) is 83.3 Å². The Kier molecular flexibility index (Phi) is 14.8. The van der Waals surface area contributed by atoms with Crippen molar-refractivity contribution in [2.45, 2.75) is 72.3 Å². The molecule has 0 aromatic heterocycles. The summed E-state index contributed by atoms with van der Waals surface area (Å²) < 4.78 is 16.0. The lowest BCUT2D eigenvalue weighted by Crippen LogP contribution is -2.70. The van der Waals surface area contributed by atoms with Gasteiger partial charge in [0.15, 0.2) is 6.04 Å². The number of carbonyl (C=O) groups excluding carboxylic acids is 6. The molecule has 0 aliphatic carbocycles. The molecule has 4 rings (SSSR count). The maximum absolute atomic E-state index is 13.6. The fraction of sp³-hybridized carbons (Fsp3) is 0.500. The molecule has 3 N–H and O–H groups in total. The van der Waals surface area contributed by atoms with Crippen LogP contribution in [0.15, 0.2) is 65.7 Å². The van der Waals surface area contributed by atoms with Crippen molar-refractivity contribution in [2.75, 3.05) is 39.3 Å². The van der Waals surface area contributed by atoms with Crippen molar-refractivity contribution in [3.63, 3.8) is 0 Å². The average Bonchev–Trinajstić information content (AvgIpc) is 3.14. The van der Waals surface area contributed by atoms with E-state index in [1.165, 1.54) is 4.90 Å². The maximum Gasteiger partial charge on any atom is 0.414 e. The van der Waals surface area contributed by atoms with Crippen LogP contribution in [0.3, 0.4) is 0 Å². The molecule has 0 bridgehead atoms. The molecule has 1 unspecified atom stereocenters. The van der Waals surface area contributed by atoms with Crippen molar-refractivity contribution < 1.29 is 43.0 Å². The molecular weight excluding hydrogens is 698 g/mol. The second-order valence-corrected chi connectivity index (χ2v) is 14.5. The van der Waals surface area contributed by atoms with Crippen molar-refractivity contribution in [1.82, 2.24) is 30.7 Å². The molecule has 2 atom stereocenters. The van der Waals surface area contributed by atoms with Crippen molar-refractivity contribution >= 4 is 42.1 Å². The monoisotopic (exact) mass is 749 g/mol. The summed E-state index contributed by atoms with van der Waals surface area (Å²) in [7, 11) is 0. The van der Waals surface area contributed by atoms with Gasteiger partial charge in [-0.1, -0.05) is 74.5 Å². The first-order valence-electron chi connectivity index (χ1n) is 18.1. The number of aliphatic imine (C=N–C) groups is 1. The van der Waals surface area contributed by atoms with Crippen molar-refractivity contribution in [2.24, 2.45) is 16.8 Å². The predicted molar refractivity (Wildman–Crippen MR) is 198 cm³/mol. The first-order valence-corrected chi connectivity index (χ1v) is 18.1. The third kappa shape index (κ3) is 12.5. The van der Waals surface area contributed by atoms with Crippen LogP contribution in [0.5, 0.6) is 0 Å². The number of amides is 7. The summed E-state index contributed by atoms with van der Waals surface area (Å²) in [5, 5.41) is 7.75. The number of nitrogens with one attached hydrogen (secondary N) is 3. The summed E-state index contributed by atoms with van der Waals surface area (Å²) in [5.74, 6) is -2.25. The SMILES string of the molecule is CC(C)COC(=O)C1[C@@H](CCCN=C(NC(=O)OCc2ccccc2)NC(=O)OCc2ccccc2)C(=O)N1C(=O)N1CCN(C(=O)NC(C)(C)C)CC1. The molecule has 2 saturated heterocycles. The quantitative estimate of drug-likeness (QED) is 0.0754. The molecule has 0 spiro atoms. The Morgan fingerprint density at radius 2 is 1.31 bits per heavy atom. The third-order valence-corrected chi connectivity index (χ3v) is 8.35. The Bertz CT molecular complexity index is 1580. The van der Waals surface area contributed by atoms with Gasteiger partial charge < -0.3 is 29.3 Å². The molecule has 292 valence electrons. The number of rotatable bonds is 11. The van der Waals surface area contributed by atoms with Crippen molar-refractivity contribution in [1.29, 1.82) is 0 Å². The van der Waals surface area contributed by atoms with Gasteiger partial charge in [0.25, 0.3) is 0 Å². The van der Waals surface area contributed by atoms with Crippen LogP contribution in [0.4, 0.5) is 19.2 Å². The number of hydrogen-bond acceptors (Lipinski definition) is 10. The number of esters is 1. The van der Waals surface area contributed by atoms with E-state index < -0.39 is 47.6 Å². The zero-order chi connectivity index (χ0) is 39.3. The Hall–Kier alpha value is -5.67. The highest BCUT2D eigenvalue weighted by atomic mass is 16.6. The van der Waals surface area contributed by atoms with Crippen LogP contribution in [0.1, 0.15) is 58.6 Å². The molecular formula is C38H51N7O9. The summed E-state index contributed by atoms with van der Waals surface area (Å²) in [5.41, 5.74) is 1.09. The van der Waals surface area contributed by atoms with E-state index >= 15 is 0 Å². The van der Waals surface area contributed by atoms with Crippen LogP contribution in [0, 0.1) is 11.8 Å². The second kappa shape index (κ2) is 19.4. The van der Waals surface area contributed by atoms with Gasteiger partial charge in [-0.3, -0.25) is 20.4 Å². The minimum Gasteiger partial charge on any atom is -0.464 e. The zero-order valence-corrected chi connectivity index (χ0v) is 31.5. The van der Waals surface area contributed by atoms with Crippen LogP contribution in [0.25, 0.3) is 0 Å². The molecule has 54 heavy (non-hydrogen) atoms. The second-order valence-electron chi connectivity index (χ2n) is 14.5. The minimum atomic E-state index is -1.13. The number of carbonyl (C=O) groups is 6. The van der Waals surface area contributed by atoms with Crippen LogP contribution >= 0.6 is 0 Å². The number of alkyl carbamates (subject to hydrolysis) is 2. The molecule has 0 radical (unpaired) electrons. The van der Waals surface area contributed by atoms with E-state index in [1.807, 2.05) is 71.0 Å². The molecule has 0 saturated carbocycles. The lowest BCUT2D eigenvalue weighted by atomic mass is 9.83. The summed E-state index contributed by atoms with van der Waals surface area (Å²) >= 11 is 0. The van der Waals surface area contributed by atoms with Crippen LogP contribution in [-0.2, 0) is 37.0 Å². The van der Waals surface area contributed by atoms with Gasteiger partial charge in [-0.15, -0.1) is 0 Å². The van der Waals surface area contributed by atoms with E-state index in [4.69, 9.17) is 14.2 Å². The zero-order valence-electron chi connectivity index (χ0n) is 31.5. The number of piperazine rings is 1. The molecule has 2 aliphatic heterocycles. The summed E-state index contributed by atoms with van der Waals surface area (Å²) in [4.78, 5) is 86.5. The number of likely N-dealkylation sites (tertiary alicyclic amines) is 1. The van der Waals surface area contributed by atoms with Crippen LogP contribution in [0.2, 0.25) is 0 Å². The van der Waals surface area contributed by atoms with Crippen LogP contribution < -0.4 is 16.0 Å². The Morgan fingerprint density at radius 1 is 0.796 bits per heavy atom. The van der Waals surface area contributed by atoms with E-state index in [2.05, 4.69) is 20.9 Å². The molecule has 16 nitrogen and oxygen atoms in total. The largest absolute Gasteiger partial charge is 0.464 e. The number of nitrogens with zero attached hydrogens (tertiary/aromatic N) is 4. The van der Waals surface area contributed by atoms with Crippen LogP contribution in [-0.4, -0.2) is 108 Å². The lowest BCUT2D eigenvalue weighted by Gasteiger charge is -2.47. The fourth-order valence-electron chi connectivity index (χ4n) is 5.62. The number of benzene rings is 2. The number of ether oxygens (including phenoxy) is 3. The number of guanidine groups is 1. The van der Waals surface area contributed by atoms with E-state index in [1.54, 1.807) is 29.2 Å². The highest BCUT2D eigenvalue weighted by Gasteiger charge is 2.56. The minimum absolute atomic E-state index is 0.0199. The normalized spacial score (nSPS) is 16.9. The number of urea groups is 2. The Labute approximate surface area is 315 Å². The molecule has 2 aliphatic rings. The number of imide groups is 1. The summed E-state index contributed by atoms with van der Waals surface area (Å²) in [6.45, 7) is 10.4. The Balaban J connectivity index is 1.37. The van der Waals surface area contributed by atoms with Gasteiger partial charge in [-0.2, -0.15) is 0 Å². The molecule has 2 aromatic carbocycles. The smallest absolute Gasteiger partial charge is 0.414 e. The van der Waals surface area contributed by atoms with Gasteiger partial charge in [0.1, 0.15) is 13.2 Å². The van der Waals surface area contributed by atoms with E-state index in [0.29, 0.717) is 0 Å². The van der Waals surface area contributed by atoms with Crippen molar-refractivity contribution in [3.8, 4) is 0 Å². The summed E-state index contributed by atoms with van der Waals surface area (Å²) in [6.07, 6.45) is -1.32. The number of β-lactam (4-membered cyclic amide) rings is 1. The first kappa shape index (κ1) is 41.1. The molecule has 7 amide bonds. The van der Waals surface area contributed by atoms with E-state index in [9.17, 15) is 28.8 Å². The van der Waals surface area contributed by atoms with Gasteiger partial charge in [-0.05, 0) is 50.7 Å². The van der Waals surface area contributed by atoms with E-state index in [0.717, 1.165) is 16.0 Å². The highest BCUT2D eigenvalue weighted by Crippen LogP contribution is 2.33. The standard InChI is InChI=1S/C38H51N7O9/c1-26(2)23-52-32(47)30-29(31(46)45(30)37(51)44-21-19-43(20-22-44)34(48)42-38(3,4)5)17-12-18-39-33(40-35(49)53-24-27-13-8-6-9-14-27)41-36(50)54-25-28-15-10-7-11-16-28/h6-11,13-16,26,29-30H,12,17-25H2,1-5H3,(H,42,48)(H2,39,40,41,49,50)/t29-,30?/m1/s1. The average molecular weight is 750 g/mol. The lowest BCUT2D eigenvalue weighted by molar-refractivity contribution is -0.171. The summed E-state index contributed by atoms with van der Waals surface area (Å²) in [6, 6.07) is 16.1. The number of hydrogen-bond donors (Lipinski definition) is 3. The highest BCUT2D eigenvalue weighted by molar-refractivity contribution is 6.08. The van der Waals surface area contributed by atoms with Crippen molar-refractivity contribution in [3.05, 3.63) is 71.8 Å². The fourth-order valence-corrected chi connectivity index (χ4v) is 5.62. The molecule has 2 aromatic rings. The van der Waals surface area contributed by atoms with Gasteiger partial charge in [0, 0.05) is 38.3 Å². The first-order chi connectivity index (χ1) is 25.7. The van der Waals surface area contributed by atoms with Gasteiger partial charge in [0.05, 0.1) is 12.5 Å². The molecule has 2 fully saturated rings. The van der Waals surface area contributed by atoms with Gasteiger partial charge in [-0.25, -0.2) is 28.9 Å². The van der Waals surface area contributed by atoms with Gasteiger partial charge in [0.2, 0.25) is 11.9 Å². The molecule has 2 heterocycles. The molecule has 16 heteroatoms. The predicted octanol–water partition coefficient (Wildman–Crippen LogP) is 4.25. The van der Waals surface area contributed by atoms with Gasteiger partial charge >= 0.3 is 30.2 Å². The maximum atomic E-state index is 13.6. The third-order valence-electron chi connectivity index (χ3n) is 8.35.